The molecule has 74 valence electrons. The minimum Gasteiger partial charge on any atom is -0.495 e. The van der Waals surface area contributed by atoms with E-state index in [0.29, 0.717) is 5.76 Å². The molecule has 13 heavy (non-hydrogen) atoms. The van der Waals surface area contributed by atoms with Crippen LogP contribution in [0.25, 0.3) is 0 Å². The van der Waals surface area contributed by atoms with Crippen molar-refractivity contribution in [1.82, 2.24) is 0 Å². The third kappa shape index (κ3) is 2.17. The molecule has 2 atom stereocenters. The van der Waals surface area contributed by atoms with Gasteiger partial charge in [0.05, 0.1) is 12.1 Å². The fraction of sp³-hybridized carbons (Fsp3) is 0.500. The van der Waals surface area contributed by atoms with Crippen LogP contribution in [0.2, 0.25) is 0 Å². The summed E-state index contributed by atoms with van der Waals surface area (Å²) in [6.45, 7) is 0. The van der Waals surface area contributed by atoms with E-state index >= 15 is 0 Å². The van der Waals surface area contributed by atoms with Crippen LogP contribution in [0.3, 0.4) is 0 Å². The maximum absolute atomic E-state index is 9.60. The first-order valence-corrected chi connectivity index (χ1v) is 4.35. The Labute approximate surface area is 86.5 Å². The monoisotopic (exact) mass is 224 g/mol. The SMILES string of the molecule is COC1=CC(OC)C(O)(Cl)C=C1Cl. The number of aliphatic hydroxyl groups is 1. The minimum atomic E-state index is -1.60. The molecule has 0 spiro atoms. The van der Waals surface area contributed by atoms with Gasteiger partial charge < -0.3 is 14.6 Å². The van der Waals surface area contributed by atoms with Crippen molar-refractivity contribution < 1.29 is 14.6 Å². The highest BCUT2D eigenvalue weighted by Gasteiger charge is 2.36. The van der Waals surface area contributed by atoms with E-state index in [2.05, 4.69) is 0 Å². The summed E-state index contributed by atoms with van der Waals surface area (Å²) < 4.78 is 9.89. The number of alkyl halides is 1. The van der Waals surface area contributed by atoms with Crippen molar-refractivity contribution in [2.45, 2.75) is 11.2 Å². The van der Waals surface area contributed by atoms with E-state index < -0.39 is 11.2 Å². The van der Waals surface area contributed by atoms with Gasteiger partial charge in [-0.05, 0) is 12.2 Å². The van der Waals surface area contributed by atoms with Gasteiger partial charge >= 0.3 is 0 Å². The van der Waals surface area contributed by atoms with Crippen LogP contribution in [0.4, 0.5) is 0 Å². The van der Waals surface area contributed by atoms with Gasteiger partial charge in [0.2, 0.25) is 0 Å². The Morgan fingerprint density at radius 1 is 1.54 bits per heavy atom. The number of ether oxygens (including phenoxy) is 2. The lowest BCUT2D eigenvalue weighted by Gasteiger charge is -2.28. The molecule has 5 heteroatoms. The largest absolute Gasteiger partial charge is 0.495 e. The predicted octanol–water partition coefficient (Wildman–Crippen LogP) is 1.60. The molecule has 1 aliphatic carbocycles. The Balaban J connectivity index is 2.97. The molecule has 0 saturated heterocycles. The van der Waals surface area contributed by atoms with Crippen LogP contribution < -0.4 is 0 Å². The summed E-state index contributed by atoms with van der Waals surface area (Å²) in [6, 6.07) is 0. The molecule has 0 saturated carbocycles. The lowest BCUT2D eigenvalue weighted by atomic mass is 10.1. The molecule has 0 fully saturated rings. The molecule has 3 nitrogen and oxygen atoms in total. The summed E-state index contributed by atoms with van der Waals surface area (Å²) in [5.41, 5.74) is 0. The summed E-state index contributed by atoms with van der Waals surface area (Å²) >= 11 is 11.5. The van der Waals surface area contributed by atoms with Gasteiger partial charge in [-0.3, -0.25) is 0 Å². The summed E-state index contributed by atoms with van der Waals surface area (Å²) in [7, 11) is 2.92. The number of halogens is 2. The van der Waals surface area contributed by atoms with Crippen molar-refractivity contribution in [2.75, 3.05) is 14.2 Å². The molecular weight excluding hydrogens is 215 g/mol. The second-order valence-corrected chi connectivity index (χ2v) is 3.62. The van der Waals surface area contributed by atoms with E-state index in [1.807, 2.05) is 0 Å². The zero-order valence-corrected chi connectivity index (χ0v) is 8.76. The Hall–Kier alpha value is -0.220. The second-order valence-electron chi connectivity index (χ2n) is 2.61. The predicted molar refractivity (Wildman–Crippen MR) is 50.6 cm³/mol. The van der Waals surface area contributed by atoms with Gasteiger partial charge in [-0.1, -0.05) is 23.2 Å². The molecule has 0 aromatic carbocycles. The van der Waals surface area contributed by atoms with Crippen molar-refractivity contribution >= 4 is 23.2 Å². The van der Waals surface area contributed by atoms with E-state index in [-0.39, 0.29) is 5.03 Å². The zero-order valence-electron chi connectivity index (χ0n) is 7.25. The average Bonchev–Trinajstić information content (AvgIpc) is 2.03. The molecule has 1 rings (SSSR count). The number of hydrogen-bond donors (Lipinski definition) is 1. The maximum Gasteiger partial charge on any atom is 0.189 e. The smallest absolute Gasteiger partial charge is 0.189 e. The number of rotatable bonds is 2. The van der Waals surface area contributed by atoms with Gasteiger partial charge in [0, 0.05) is 7.11 Å². The number of methoxy groups -OCH3 is 2. The molecule has 0 aliphatic heterocycles. The summed E-state index contributed by atoms with van der Waals surface area (Å²) in [4.78, 5) is 0. The fourth-order valence-electron chi connectivity index (χ4n) is 1.06. The Bertz CT molecular complexity index is 258. The van der Waals surface area contributed by atoms with Crippen molar-refractivity contribution in [3.05, 3.63) is 22.9 Å². The molecule has 0 amide bonds. The molecule has 1 N–H and O–H groups in total. The standard InChI is InChI=1S/C8H10Cl2O3/c1-12-6-3-7(13-2)8(10,11)4-5(6)9/h3-4,7,11H,1-2H3. The third-order valence-electron chi connectivity index (χ3n) is 1.74. The molecule has 0 heterocycles. The number of hydrogen-bond acceptors (Lipinski definition) is 3. The van der Waals surface area contributed by atoms with Gasteiger partial charge in [-0.2, -0.15) is 0 Å². The zero-order chi connectivity index (χ0) is 10.1. The molecule has 0 radical (unpaired) electrons. The van der Waals surface area contributed by atoms with E-state index in [1.165, 1.54) is 26.4 Å². The van der Waals surface area contributed by atoms with Crippen LogP contribution in [-0.2, 0) is 9.47 Å². The Kier molecular flexibility index (Phi) is 3.24. The lowest BCUT2D eigenvalue weighted by molar-refractivity contribution is 0.0121. The van der Waals surface area contributed by atoms with E-state index in [4.69, 9.17) is 32.7 Å². The lowest BCUT2D eigenvalue weighted by Crippen LogP contribution is -2.37. The molecule has 0 aromatic rings. The van der Waals surface area contributed by atoms with Gasteiger partial charge in [0.1, 0.15) is 11.9 Å². The van der Waals surface area contributed by atoms with Crippen molar-refractivity contribution in [3.63, 3.8) is 0 Å². The highest BCUT2D eigenvalue weighted by Crippen LogP contribution is 2.33. The van der Waals surface area contributed by atoms with Gasteiger partial charge in [-0.25, -0.2) is 0 Å². The maximum atomic E-state index is 9.60. The first-order valence-electron chi connectivity index (χ1n) is 3.60. The first kappa shape index (κ1) is 10.9. The topological polar surface area (TPSA) is 38.7 Å². The highest BCUT2D eigenvalue weighted by atomic mass is 35.5. The highest BCUT2D eigenvalue weighted by molar-refractivity contribution is 6.33. The van der Waals surface area contributed by atoms with Gasteiger partial charge in [0.25, 0.3) is 0 Å². The fourth-order valence-corrected chi connectivity index (χ4v) is 1.69. The summed E-state index contributed by atoms with van der Waals surface area (Å²) in [5.74, 6) is 0.443. The Morgan fingerprint density at radius 2 is 2.15 bits per heavy atom. The van der Waals surface area contributed by atoms with E-state index in [1.54, 1.807) is 0 Å². The van der Waals surface area contributed by atoms with Gasteiger partial charge in [0.15, 0.2) is 5.06 Å². The second kappa shape index (κ2) is 3.88. The van der Waals surface area contributed by atoms with Crippen LogP contribution in [0.1, 0.15) is 0 Å². The van der Waals surface area contributed by atoms with Crippen LogP contribution in [0, 0.1) is 0 Å². The van der Waals surface area contributed by atoms with E-state index in [0.717, 1.165) is 0 Å². The van der Waals surface area contributed by atoms with Gasteiger partial charge in [-0.15, -0.1) is 0 Å². The van der Waals surface area contributed by atoms with Crippen LogP contribution in [0.5, 0.6) is 0 Å². The minimum absolute atomic E-state index is 0.272. The summed E-state index contributed by atoms with van der Waals surface area (Å²) in [5, 5.41) is 8.27. The van der Waals surface area contributed by atoms with Crippen LogP contribution in [-0.4, -0.2) is 30.5 Å². The van der Waals surface area contributed by atoms with Crippen LogP contribution in [0.15, 0.2) is 22.9 Å². The van der Waals surface area contributed by atoms with Crippen molar-refractivity contribution in [2.24, 2.45) is 0 Å². The molecule has 1 aliphatic rings. The number of allylic oxidation sites excluding steroid dienone is 1. The third-order valence-corrected chi connectivity index (χ3v) is 2.36. The quantitative estimate of drug-likeness (QED) is 0.725. The molecule has 0 aromatic heterocycles. The normalized spacial score (nSPS) is 33.8. The summed E-state index contributed by atoms with van der Waals surface area (Å²) in [6.07, 6.45) is 2.14. The molecule has 0 bridgehead atoms. The average molecular weight is 225 g/mol. The Morgan fingerprint density at radius 3 is 2.62 bits per heavy atom. The van der Waals surface area contributed by atoms with Crippen LogP contribution >= 0.6 is 23.2 Å². The first-order chi connectivity index (χ1) is 6.01. The molecule has 2 unspecified atom stereocenters. The van der Waals surface area contributed by atoms with E-state index in [9.17, 15) is 5.11 Å². The molecular formula is C8H10Cl2O3. The van der Waals surface area contributed by atoms with Crippen molar-refractivity contribution in [1.29, 1.82) is 0 Å². The van der Waals surface area contributed by atoms with Crippen molar-refractivity contribution in [3.8, 4) is 0 Å².